The third kappa shape index (κ3) is 1.71. The molecule has 0 aromatic heterocycles. The number of hydrogen-bond acceptors (Lipinski definition) is 2. The molecule has 0 aliphatic heterocycles. The standard InChI is InChI=1S/C16H14O2/c1-18-12-7-8-13-14(16(17)15(13)10-12)9-11-5-3-2-4-6-11/h2-10,16-17H,1H3/b14-9+. The van der Waals surface area contributed by atoms with Crippen LogP contribution in [-0.4, -0.2) is 12.2 Å². The Morgan fingerprint density at radius 2 is 1.89 bits per heavy atom. The summed E-state index contributed by atoms with van der Waals surface area (Å²) in [4.78, 5) is 0. The van der Waals surface area contributed by atoms with E-state index in [0.29, 0.717) is 0 Å². The molecule has 2 aromatic carbocycles. The lowest BCUT2D eigenvalue weighted by molar-refractivity contribution is 0.225. The maximum absolute atomic E-state index is 10.1. The Bertz CT molecular complexity index is 600. The number of hydrogen-bond donors (Lipinski definition) is 1. The van der Waals surface area contributed by atoms with E-state index < -0.39 is 6.10 Å². The molecule has 0 fully saturated rings. The molecule has 90 valence electrons. The summed E-state index contributed by atoms with van der Waals surface area (Å²) in [6.45, 7) is 0. The summed E-state index contributed by atoms with van der Waals surface area (Å²) in [6.07, 6.45) is 1.52. The van der Waals surface area contributed by atoms with Crippen LogP contribution in [0.15, 0.2) is 48.5 Å². The Balaban J connectivity index is 1.99. The molecular weight excluding hydrogens is 224 g/mol. The second-order valence-electron chi connectivity index (χ2n) is 4.37. The molecule has 0 saturated heterocycles. The number of aliphatic hydroxyl groups excluding tert-OH is 1. The van der Waals surface area contributed by atoms with Gasteiger partial charge in [0.25, 0.3) is 0 Å². The Hall–Kier alpha value is -2.06. The molecule has 0 radical (unpaired) electrons. The molecule has 1 atom stereocenters. The normalized spacial score (nSPS) is 19.2. The topological polar surface area (TPSA) is 29.5 Å². The molecule has 0 bridgehead atoms. The zero-order chi connectivity index (χ0) is 12.5. The zero-order valence-corrected chi connectivity index (χ0v) is 10.1. The predicted molar refractivity (Wildman–Crippen MR) is 72.3 cm³/mol. The second kappa shape index (κ2) is 4.31. The van der Waals surface area contributed by atoms with Crippen LogP contribution in [0.1, 0.15) is 22.8 Å². The molecular formula is C16H14O2. The molecule has 2 nitrogen and oxygen atoms in total. The van der Waals surface area contributed by atoms with E-state index in [1.165, 1.54) is 0 Å². The Labute approximate surface area is 106 Å². The molecule has 3 rings (SSSR count). The van der Waals surface area contributed by atoms with Crippen molar-refractivity contribution in [2.24, 2.45) is 0 Å². The van der Waals surface area contributed by atoms with Gasteiger partial charge in [0.1, 0.15) is 11.9 Å². The predicted octanol–water partition coefficient (Wildman–Crippen LogP) is 3.28. The van der Waals surface area contributed by atoms with E-state index in [0.717, 1.165) is 28.0 Å². The number of methoxy groups -OCH3 is 1. The lowest BCUT2D eigenvalue weighted by Crippen LogP contribution is -2.15. The molecule has 0 heterocycles. The summed E-state index contributed by atoms with van der Waals surface area (Å²) in [5, 5.41) is 10.1. The van der Waals surface area contributed by atoms with Crippen molar-refractivity contribution < 1.29 is 9.84 Å². The van der Waals surface area contributed by atoms with Crippen LogP contribution >= 0.6 is 0 Å². The van der Waals surface area contributed by atoms with Crippen molar-refractivity contribution in [2.45, 2.75) is 6.10 Å². The summed E-state index contributed by atoms with van der Waals surface area (Å²) in [7, 11) is 1.63. The van der Waals surface area contributed by atoms with Crippen LogP contribution in [0.4, 0.5) is 0 Å². The molecule has 18 heavy (non-hydrogen) atoms. The number of benzene rings is 2. The van der Waals surface area contributed by atoms with Crippen LogP contribution in [0.2, 0.25) is 0 Å². The van der Waals surface area contributed by atoms with Gasteiger partial charge in [0, 0.05) is 0 Å². The van der Waals surface area contributed by atoms with Crippen molar-refractivity contribution in [3.05, 3.63) is 65.2 Å². The lowest BCUT2D eigenvalue weighted by atomic mass is 9.79. The van der Waals surface area contributed by atoms with Gasteiger partial charge in [0.2, 0.25) is 0 Å². The van der Waals surface area contributed by atoms with E-state index in [2.05, 4.69) is 0 Å². The van der Waals surface area contributed by atoms with Crippen molar-refractivity contribution in [3.8, 4) is 5.75 Å². The smallest absolute Gasteiger partial charge is 0.119 e. The fourth-order valence-corrected chi connectivity index (χ4v) is 2.28. The minimum absolute atomic E-state index is 0.504. The Morgan fingerprint density at radius 3 is 2.61 bits per heavy atom. The van der Waals surface area contributed by atoms with Crippen molar-refractivity contribution in [1.82, 2.24) is 0 Å². The summed E-state index contributed by atoms with van der Waals surface area (Å²) in [6, 6.07) is 15.8. The van der Waals surface area contributed by atoms with Gasteiger partial charge in [-0.3, -0.25) is 0 Å². The Kier molecular flexibility index (Phi) is 2.65. The average molecular weight is 238 g/mol. The molecule has 1 aliphatic carbocycles. The summed E-state index contributed by atoms with van der Waals surface area (Å²) < 4.78 is 5.16. The molecule has 0 saturated carbocycles. The van der Waals surface area contributed by atoms with Gasteiger partial charge in [-0.15, -0.1) is 0 Å². The van der Waals surface area contributed by atoms with Gasteiger partial charge >= 0.3 is 0 Å². The van der Waals surface area contributed by atoms with Gasteiger partial charge in [0.05, 0.1) is 7.11 Å². The van der Waals surface area contributed by atoms with Gasteiger partial charge in [-0.05, 0) is 40.5 Å². The molecule has 2 heteroatoms. The first-order valence-electron chi connectivity index (χ1n) is 5.92. The maximum atomic E-state index is 10.1. The van der Waals surface area contributed by atoms with Crippen molar-refractivity contribution in [2.75, 3.05) is 7.11 Å². The number of rotatable bonds is 2. The van der Waals surface area contributed by atoms with Crippen molar-refractivity contribution in [1.29, 1.82) is 0 Å². The number of aliphatic hydroxyl groups is 1. The summed E-state index contributed by atoms with van der Waals surface area (Å²) >= 11 is 0. The van der Waals surface area contributed by atoms with Gasteiger partial charge < -0.3 is 9.84 Å². The third-order valence-corrected chi connectivity index (χ3v) is 3.28. The van der Waals surface area contributed by atoms with Crippen LogP contribution < -0.4 is 4.74 Å². The van der Waals surface area contributed by atoms with Crippen LogP contribution in [0.3, 0.4) is 0 Å². The molecule has 1 aliphatic rings. The molecule has 1 N–H and O–H groups in total. The third-order valence-electron chi connectivity index (χ3n) is 3.28. The van der Waals surface area contributed by atoms with Gasteiger partial charge in [0.15, 0.2) is 0 Å². The van der Waals surface area contributed by atoms with E-state index in [9.17, 15) is 5.11 Å². The van der Waals surface area contributed by atoms with E-state index in [1.54, 1.807) is 7.11 Å². The van der Waals surface area contributed by atoms with E-state index in [-0.39, 0.29) is 0 Å². The molecule has 2 aromatic rings. The molecule has 1 unspecified atom stereocenters. The largest absolute Gasteiger partial charge is 0.497 e. The van der Waals surface area contributed by atoms with Crippen molar-refractivity contribution >= 4 is 11.6 Å². The zero-order valence-electron chi connectivity index (χ0n) is 10.1. The SMILES string of the molecule is COc1ccc2c(c1)C(O)/C2=C/c1ccccc1. The number of fused-ring (bicyclic) bond motifs is 1. The highest BCUT2D eigenvalue weighted by Gasteiger charge is 2.30. The van der Waals surface area contributed by atoms with Gasteiger partial charge in [-0.1, -0.05) is 36.4 Å². The highest BCUT2D eigenvalue weighted by atomic mass is 16.5. The van der Waals surface area contributed by atoms with Crippen molar-refractivity contribution in [3.63, 3.8) is 0 Å². The average Bonchev–Trinajstić information content (AvgIpc) is 2.45. The fraction of sp³-hybridized carbons (Fsp3) is 0.125. The van der Waals surface area contributed by atoms with E-state index in [1.807, 2.05) is 54.6 Å². The summed E-state index contributed by atoms with van der Waals surface area (Å²) in [5.41, 5.74) is 4.12. The quantitative estimate of drug-likeness (QED) is 0.870. The minimum Gasteiger partial charge on any atom is -0.497 e. The van der Waals surface area contributed by atoms with Crippen LogP contribution in [-0.2, 0) is 0 Å². The fourth-order valence-electron chi connectivity index (χ4n) is 2.28. The van der Waals surface area contributed by atoms with Gasteiger partial charge in [-0.2, -0.15) is 0 Å². The first-order chi connectivity index (χ1) is 8.79. The highest BCUT2D eigenvalue weighted by Crippen LogP contribution is 2.46. The van der Waals surface area contributed by atoms with E-state index in [4.69, 9.17) is 4.74 Å². The van der Waals surface area contributed by atoms with E-state index >= 15 is 0 Å². The van der Waals surface area contributed by atoms with Crippen LogP contribution in [0, 0.1) is 0 Å². The monoisotopic (exact) mass is 238 g/mol. The van der Waals surface area contributed by atoms with Crippen LogP contribution in [0.25, 0.3) is 11.6 Å². The molecule has 0 amide bonds. The first kappa shape index (κ1) is 11.1. The maximum Gasteiger partial charge on any atom is 0.119 e. The van der Waals surface area contributed by atoms with Gasteiger partial charge in [-0.25, -0.2) is 0 Å². The first-order valence-corrected chi connectivity index (χ1v) is 5.92. The lowest BCUT2D eigenvalue weighted by Gasteiger charge is -2.30. The van der Waals surface area contributed by atoms with Crippen LogP contribution in [0.5, 0.6) is 5.75 Å². The second-order valence-corrected chi connectivity index (χ2v) is 4.37. The Morgan fingerprint density at radius 1 is 1.11 bits per heavy atom. The molecule has 0 spiro atoms. The highest BCUT2D eigenvalue weighted by molar-refractivity contribution is 5.92. The summed E-state index contributed by atoms with van der Waals surface area (Å²) in [5.74, 6) is 0.784. The number of ether oxygens (including phenoxy) is 1. The minimum atomic E-state index is -0.504.